The molecule has 2 saturated heterocycles. The van der Waals surface area contributed by atoms with E-state index in [1.165, 1.54) is 18.9 Å². The molecule has 0 bridgehead atoms. The van der Waals surface area contributed by atoms with Crippen molar-refractivity contribution < 1.29 is 58.2 Å². The smallest absolute Gasteiger partial charge is 0.305 e. The molecule has 24 heteroatoms. The van der Waals surface area contributed by atoms with Crippen LogP contribution in [0.2, 0.25) is 0 Å². The van der Waals surface area contributed by atoms with Crippen molar-refractivity contribution in [3.8, 4) is 0 Å². The molecule has 2 aliphatic rings. The highest BCUT2D eigenvalue weighted by Crippen LogP contribution is 2.27. The quantitative estimate of drug-likeness (QED) is 0.0204. The molecule has 83 heavy (non-hydrogen) atoms. The van der Waals surface area contributed by atoms with Crippen molar-refractivity contribution in [3.63, 3.8) is 0 Å². The van der Waals surface area contributed by atoms with Crippen LogP contribution in [0, 0.1) is 35.5 Å². The number of nitrogens with one attached hydrogen (secondary N) is 4. The molecule has 0 spiro atoms. The number of β-amino-alcohol motifs (C(OH)–C–C–N with tert-alkyl or cyclic N) is 1. The number of aliphatic hydroxyl groups excluding tert-OH is 1. The lowest BCUT2D eigenvalue weighted by Gasteiger charge is -2.35. The fourth-order valence-electron chi connectivity index (χ4n) is 10.8. The lowest BCUT2D eigenvalue weighted by atomic mass is 9.89. The molecule has 2 radical (unpaired) electrons. The number of likely N-dealkylation sites (tertiary alicyclic amines) is 1. The molecule has 0 aromatic heterocycles. The van der Waals surface area contributed by atoms with E-state index in [0.717, 1.165) is 16.9 Å². The molecule has 2 aliphatic heterocycles. The zero-order valence-corrected chi connectivity index (χ0v) is 50.8. The number of hydrogen-bond donors (Lipinski definition) is 8. The number of nitrogens with zero attached hydrogens (tertiary/aromatic N) is 5. The number of carboxylic acid groups (broad SMARTS) is 1. The summed E-state index contributed by atoms with van der Waals surface area (Å²) in [5.74, 6) is -9.96. The second-order valence-electron chi connectivity index (χ2n) is 24.0. The van der Waals surface area contributed by atoms with Crippen LogP contribution in [-0.4, -0.2) is 199 Å². The second-order valence-corrected chi connectivity index (χ2v) is 24.0. The van der Waals surface area contributed by atoms with Crippen LogP contribution in [0.15, 0.2) is 35.3 Å². The van der Waals surface area contributed by atoms with Gasteiger partial charge in [0, 0.05) is 57.2 Å². The first-order valence-electron chi connectivity index (χ1n) is 29.5. The van der Waals surface area contributed by atoms with Crippen molar-refractivity contribution in [2.75, 3.05) is 53.9 Å². The molecule has 1 aromatic carbocycles. The van der Waals surface area contributed by atoms with Gasteiger partial charge in [0.15, 0.2) is 31.3 Å². The van der Waals surface area contributed by atoms with E-state index in [2.05, 4.69) is 26.3 Å². The Morgan fingerprint density at radius 3 is 1.92 bits per heavy atom. The molecule has 23 nitrogen and oxygen atoms in total. The first kappa shape index (κ1) is 71.0. The summed E-state index contributed by atoms with van der Waals surface area (Å²) in [5.41, 5.74) is 11.8. The minimum Gasteiger partial charge on any atom is -0.481 e. The van der Waals surface area contributed by atoms with Gasteiger partial charge in [-0.25, -0.2) is 0 Å². The number of nitrogens with two attached hydrogens (primary N) is 2. The molecule has 462 valence electrons. The molecule has 0 saturated carbocycles. The number of ketones is 3. The number of carbonyl (C=O) groups is 10. The number of aliphatic hydroxyl groups is 1. The third kappa shape index (κ3) is 24.1. The first-order valence-corrected chi connectivity index (χ1v) is 29.5. The van der Waals surface area contributed by atoms with Gasteiger partial charge in [-0.3, -0.25) is 52.9 Å². The van der Waals surface area contributed by atoms with Gasteiger partial charge >= 0.3 is 5.97 Å². The van der Waals surface area contributed by atoms with E-state index in [4.69, 9.17) is 19.4 Å². The van der Waals surface area contributed by atoms with Crippen molar-refractivity contribution >= 4 is 72.7 Å². The maximum absolute atomic E-state index is 14.9. The molecule has 11 unspecified atom stereocenters. The maximum Gasteiger partial charge on any atom is 0.305 e. The molecule has 11 atom stereocenters. The lowest BCUT2D eigenvalue weighted by molar-refractivity contribution is -0.149. The average Bonchev–Trinajstić information content (AvgIpc) is 4.11. The van der Waals surface area contributed by atoms with Gasteiger partial charge in [0.25, 0.3) is 0 Å². The zero-order valence-electron chi connectivity index (χ0n) is 50.8. The number of guanidine groups is 1. The maximum atomic E-state index is 14.9. The predicted molar refractivity (Wildman–Crippen MR) is 316 cm³/mol. The van der Waals surface area contributed by atoms with E-state index in [-0.39, 0.29) is 106 Å². The third-order valence-electron chi connectivity index (χ3n) is 15.6. The normalized spacial score (nSPS) is 19.3. The van der Waals surface area contributed by atoms with Gasteiger partial charge in [-0.1, -0.05) is 78.3 Å². The number of hydrogen-bond acceptors (Lipinski definition) is 14. The summed E-state index contributed by atoms with van der Waals surface area (Å²) < 4.78 is 0. The van der Waals surface area contributed by atoms with Gasteiger partial charge in [0.1, 0.15) is 18.1 Å². The van der Waals surface area contributed by atoms with Gasteiger partial charge in [-0.05, 0) is 122 Å². The van der Waals surface area contributed by atoms with E-state index >= 15 is 0 Å². The van der Waals surface area contributed by atoms with Gasteiger partial charge in [-0.2, -0.15) is 0 Å². The number of rotatable bonds is 36. The Bertz CT molecular complexity index is 2370. The number of aliphatic carboxylic acids is 1. The summed E-state index contributed by atoms with van der Waals surface area (Å²) in [6, 6.07) is 1.87. The molecule has 3 rings (SSSR count). The third-order valence-corrected chi connectivity index (χ3v) is 15.6. The minimum absolute atomic E-state index is 0.0197. The Balaban J connectivity index is 1.93. The van der Waals surface area contributed by atoms with Crippen LogP contribution in [0.3, 0.4) is 0 Å². The highest BCUT2D eigenvalue weighted by atomic mass is 16.4. The van der Waals surface area contributed by atoms with Crippen molar-refractivity contribution in [1.29, 1.82) is 0 Å². The van der Waals surface area contributed by atoms with Crippen LogP contribution in [-0.2, 0) is 54.4 Å². The first-order chi connectivity index (χ1) is 39.0. The fourth-order valence-corrected chi connectivity index (χ4v) is 10.8. The van der Waals surface area contributed by atoms with Gasteiger partial charge in [0.05, 0.1) is 30.7 Å². The van der Waals surface area contributed by atoms with Crippen molar-refractivity contribution in [2.45, 2.75) is 181 Å². The zero-order chi connectivity index (χ0) is 62.2. The van der Waals surface area contributed by atoms with Crippen molar-refractivity contribution in [3.05, 3.63) is 35.9 Å². The Labute approximate surface area is 492 Å². The van der Waals surface area contributed by atoms with Crippen LogP contribution in [0.1, 0.15) is 138 Å². The molecular formula is C59H96BN11O12. The highest BCUT2D eigenvalue weighted by molar-refractivity contribution is 6.04. The van der Waals surface area contributed by atoms with E-state index in [1.54, 1.807) is 25.6 Å². The second kappa shape index (κ2) is 35.1. The standard InChI is InChI=1S/C59H96BN11O12/c1-11-37(6)52(38(7)72)67-54(79)40(20-15-23-63-59(61)62)29-50(75)45(32-51(76)77)65-56(81)47(27-36(4)5)69(10)58(83)48-31-43(73)34-71(48)57(82)46(26-35(2)3)66-53(78)41(21-16-24-68(8)9)30-49(74)44(28-39-18-13-12-14-19-39)64-55(80)42-22-17-25-70(60)33-42/h12-14,18-19,35-37,40-48,52,73H,11,15-17,20-34H2,1-10H3,(H,64,80)(H,65,81)(H,66,78)(H,67,79)(H,76,77)(H4,61,62,63). The topological polar surface area (TPSA) is 337 Å². The van der Waals surface area contributed by atoms with Gasteiger partial charge in [-0.15, -0.1) is 0 Å². The predicted octanol–water partition coefficient (Wildman–Crippen LogP) is 1.50. The number of likely N-dealkylation sites (N-methyl/N-ethyl adjacent to an activating group) is 1. The molecule has 1 aromatic rings. The van der Waals surface area contributed by atoms with Crippen LogP contribution in [0.25, 0.3) is 0 Å². The van der Waals surface area contributed by atoms with Crippen LogP contribution in [0.4, 0.5) is 0 Å². The molecule has 2 fully saturated rings. The van der Waals surface area contributed by atoms with E-state index in [9.17, 15) is 58.2 Å². The van der Waals surface area contributed by atoms with E-state index in [0.29, 0.717) is 38.9 Å². The van der Waals surface area contributed by atoms with Gasteiger partial charge < -0.3 is 62.5 Å². The lowest BCUT2D eigenvalue weighted by Crippen LogP contribution is -2.58. The van der Waals surface area contributed by atoms with Crippen LogP contribution >= 0.6 is 0 Å². The number of benzene rings is 1. The summed E-state index contributed by atoms with van der Waals surface area (Å²) in [5, 5.41) is 32.4. The largest absolute Gasteiger partial charge is 0.481 e. The van der Waals surface area contributed by atoms with E-state index < -0.39 is 114 Å². The number of Topliss-reactive ketones (excluding diaryl/α,β-unsaturated/α-hetero) is 3. The van der Waals surface area contributed by atoms with Crippen LogP contribution < -0.4 is 32.7 Å². The van der Waals surface area contributed by atoms with Gasteiger partial charge in [0.2, 0.25) is 35.4 Å². The molecular weight excluding hydrogens is 1070 g/mol. The summed E-state index contributed by atoms with van der Waals surface area (Å²) in [7, 11) is 11.2. The molecule has 2 heterocycles. The Hall–Kier alpha value is -6.27. The Morgan fingerprint density at radius 1 is 0.771 bits per heavy atom. The molecule has 0 aliphatic carbocycles. The summed E-state index contributed by atoms with van der Waals surface area (Å²) in [6.07, 6.45) is 0.236. The average molecular weight is 1160 g/mol. The highest BCUT2D eigenvalue weighted by Gasteiger charge is 2.45. The molecule has 10 N–H and O–H groups in total. The number of amides is 6. The summed E-state index contributed by atoms with van der Waals surface area (Å²) in [6.45, 7) is 13.7. The summed E-state index contributed by atoms with van der Waals surface area (Å²) in [4.78, 5) is 150. The van der Waals surface area contributed by atoms with Crippen molar-refractivity contribution in [2.24, 2.45) is 52.0 Å². The minimum atomic E-state index is -1.66. The Morgan fingerprint density at radius 2 is 1.36 bits per heavy atom. The van der Waals surface area contributed by atoms with E-state index in [1.807, 2.05) is 70.1 Å². The summed E-state index contributed by atoms with van der Waals surface area (Å²) >= 11 is 0. The molecule has 6 amide bonds. The fraction of sp³-hybridized carbons (Fsp3) is 0.712. The monoisotopic (exact) mass is 1160 g/mol. The SMILES string of the molecule is [B]N1CCCC(C(=O)NC(Cc2ccccc2)C(=O)CC(CCCN(C)C)C(=O)NC(CC(C)C)C(=O)N2CC(O)CC2C(=O)N(C)C(CC(C)C)C(=O)NC(CC(=O)O)C(=O)CC(CCCN=C(N)N)C(=O)NC(C(C)=O)C(C)CC)C1. The van der Waals surface area contributed by atoms with Crippen LogP contribution in [0.5, 0.6) is 0 Å². The Kier molecular flexibility index (Phi) is 30.0. The number of carbonyl (C=O) groups excluding carboxylic acids is 9. The van der Waals surface area contributed by atoms with Crippen molar-refractivity contribution in [1.82, 2.24) is 40.8 Å². The number of carboxylic acids is 1. The number of piperidine rings is 1. The number of aliphatic imine (C=N–C) groups is 1.